The maximum absolute atomic E-state index is 13.5. The first-order chi connectivity index (χ1) is 18.2. The second-order valence-electron chi connectivity index (χ2n) is 9.26. The number of hydrogen-bond donors (Lipinski definition) is 1. The number of aliphatic hydroxyl groups is 1. The zero-order valence-corrected chi connectivity index (χ0v) is 22.0. The zero-order chi connectivity index (χ0) is 27.1. The zero-order valence-electron chi connectivity index (χ0n) is 21.2. The molecule has 2 aliphatic heterocycles. The number of Topliss-reactive ketones (excluding diaryl/α,β-unsaturated/α-hetero) is 2. The largest absolute Gasteiger partial charge is 0.507 e. The summed E-state index contributed by atoms with van der Waals surface area (Å²) < 4.78 is 11.5. The Morgan fingerprint density at radius 2 is 2.08 bits per heavy atom. The van der Waals surface area contributed by atoms with E-state index in [1.165, 1.54) is 11.8 Å². The number of rotatable bonds is 7. The third kappa shape index (κ3) is 4.39. The minimum absolute atomic E-state index is 0.00916. The van der Waals surface area contributed by atoms with Crippen molar-refractivity contribution in [2.75, 3.05) is 11.5 Å². The number of anilines is 1. The molecule has 2 atom stereocenters. The number of aryl methyl sites for hydroxylation is 1. The van der Waals surface area contributed by atoms with E-state index in [0.29, 0.717) is 33.9 Å². The summed E-state index contributed by atoms with van der Waals surface area (Å²) in [5.41, 5.74) is 2.26. The van der Waals surface area contributed by atoms with Crippen LogP contribution in [-0.2, 0) is 16.0 Å². The van der Waals surface area contributed by atoms with Gasteiger partial charge < -0.3 is 14.6 Å². The molecule has 1 saturated heterocycles. The molecule has 1 aromatic heterocycles. The standard InChI is InChI=1S/C29H26N2O6S/c1-5-11-36-21-8-6-7-18(14-21)24-23(25(33)19-9-10-22-20(13-19)12-15(2)37-22)26(34)28(35)31(24)29-30-16(3)27(38-29)17(4)32/h5-10,13-15,24,33H,1,11-12H2,2-4H3/t15-,24+/m0/s1. The van der Waals surface area contributed by atoms with Gasteiger partial charge in [-0.2, -0.15) is 0 Å². The molecule has 0 saturated carbocycles. The van der Waals surface area contributed by atoms with Gasteiger partial charge in [-0.3, -0.25) is 19.3 Å². The molecule has 9 heteroatoms. The predicted octanol–water partition coefficient (Wildman–Crippen LogP) is 5.17. The highest BCUT2D eigenvalue weighted by Gasteiger charge is 2.48. The van der Waals surface area contributed by atoms with Gasteiger partial charge in [0.25, 0.3) is 5.78 Å². The van der Waals surface area contributed by atoms with Gasteiger partial charge in [-0.05, 0) is 55.3 Å². The molecule has 3 heterocycles. The molecule has 1 N–H and O–H groups in total. The molecule has 8 nitrogen and oxygen atoms in total. The lowest BCUT2D eigenvalue weighted by Crippen LogP contribution is -2.29. The third-order valence-corrected chi connectivity index (χ3v) is 7.72. The average Bonchev–Trinajstić information content (AvgIpc) is 3.54. The fourth-order valence-electron chi connectivity index (χ4n) is 4.81. The highest BCUT2D eigenvalue weighted by atomic mass is 32.1. The number of benzene rings is 2. The maximum Gasteiger partial charge on any atom is 0.301 e. The summed E-state index contributed by atoms with van der Waals surface area (Å²) in [4.78, 5) is 45.2. The quantitative estimate of drug-likeness (QED) is 0.148. The molecule has 38 heavy (non-hydrogen) atoms. The molecule has 0 unspecified atom stereocenters. The van der Waals surface area contributed by atoms with Gasteiger partial charge in [0.1, 0.15) is 30.0 Å². The Morgan fingerprint density at radius 1 is 1.29 bits per heavy atom. The highest BCUT2D eigenvalue weighted by molar-refractivity contribution is 7.18. The fraction of sp³-hybridized carbons (Fsp3) is 0.241. The summed E-state index contributed by atoms with van der Waals surface area (Å²) in [5.74, 6) is -0.919. The van der Waals surface area contributed by atoms with Crippen molar-refractivity contribution in [2.45, 2.75) is 39.3 Å². The average molecular weight is 531 g/mol. The lowest BCUT2D eigenvalue weighted by atomic mass is 9.94. The van der Waals surface area contributed by atoms with Gasteiger partial charge in [-0.25, -0.2) is 4.98 Å². The van der Waals surface area contributed by atoms with E-state index in [0.717, 1.165) is 22.6 Å². The molecular formula is C29H26N2O6S. The summed E-state index contributed by atoms with van der Waals surface area (Å²) in [5, 5.41) is 11.7. The number of carbonyl (C=O) groups excluding carboxylic acids is 3. The number of carbonyl (C=O) groups is 3. The van der Waals surface area contributed by atoms with Gasteiger partial charge in [0, 0.05) is 18.9 Å². The predicted molar refractivity (Wildman–Crippen MR) is 144 cm³/mol. The Labute approximate surface area is 223 Å². The molecule has 5 rings (SSSR count). The number of nitrogens with zero attached hydrogens (tertiary/aromatic N) is 2. The van der Waals surface area contributed by atoms with Gasteiger partial charge in [0.2, 0.25) is 0 Å². The van der Waals surface area contributed by atoms with Crippen LogP contribution in [-0.4, -0.2) is 40.3 Å². The van der Waals surface area contributed by atoms with Crippen molar-refractivity contribution in [3.63, 3.8) is 0 Å². The van der Waals surface area contributed by atoms with Crippen molar-refractivity contribution in [3.05, 3.63) is 88.0 Å². The van der Waals surface area contributed by atoms with Crippen molar-refractivity contribution in [1.29, 1.82) is 0 Å². The van der Waals surface area contributed by atoms with E-state index in [4.69, 9.17) is 9.47 Å². The molecule has 0 aliphatic carbocycles. The minimum atomic E-state index is -0.990. The van der Waals surface area contributed by atoms with Gasteiger partial charge in [0.15, 0.2) is 10.9 Å². The van der Waals surface area contributed by atoms with Gasteiger partial charge in [-0.1, -0.05) is 36.1 Å². The van der Waals surface area contributed by atoms with E-state index in [2.05, 4.69) is 11.6 Å². The van der Waals surface area contributed by atoms with Crippen LogP contribution in [0, 0.1) is 6.92 Å². The first-order valence-electron chi connectivity index (χ1n) is 12.1. The van der Waals surface area contributed by atoms with Crippen LogP contribution in [0.4, 0.5) is 5.13 Å². The summed E-state index contributed by atoms with van der Waals surface area (Å²) in [7, 11) is 0. The molecule has 0 radical (unpaired) electrons. The van der Waals surface area contributed by atoms with Crippen LogP contribution in [0.2, 0.25) is 0 Å². The Morgan fingerprint density at radius 3 is 2.79 bits per heavy atom. The van der Waals surface area contributed by atoms with E-state index in [-0.39, 0.29) is 35.0 Å². The Hall–Kier alpha value is -4.24. The summed E-state index contributed by atoms with van der Waals surface area (Å²) in [6.07, 6.45) is 2.29. The number of ether oxygens (including phenoxy) is 2. The summed E-state index contributed by atoms with van der Waals surface area (Å²) in [6.45, 7) is 9.00. The third-order valence-electron chi connectivity index (χ3n) is 6.47. The second-order valence-corrected chi connectivity index (χ2v) is 10.2. The van der Waals surface area contributed by atoms with Crippen LogP contribution in [0.15, 0.2) is 60.7 Å². The van der Waals surface area contributed by atoms with Crippen LogP contribution in [0.25, 0.3) is 5.76 Å². The molecule has 2 aliphatic rings. The topological polar surface area (TPSA) is 106 Å². The molecule has 194 valence electrons. The summed E-state index contributed by atoms with van der Waals surface area (Å²) >= 11 is 1.04. The van der Waals surface area contributed by atoms with E-state index in [9.17, 15) is 19.5 Å². The van der Waals surface area contributed by atoms with Crippen LogP contribution < -0.4 is 14.4 Å². The number of fused-ring (bicyclic) bond motifs is 1. The van der Waals surface area contributed by atoms with E-state index in [1.807, 2.05) is 6.92 Å². The van der Waals surface area contributed by atoms with Crippen LogP contribution in [0.1, 0.15) is 51.9 Å². The Kier molecular flexibility index (Phi) is 6.62. The molecule has 1 amide bonds. The number of hydrogen-bond acceptors (Lipinski definition) is 8. The number of thiazole rings is 1. The number of ketones is 2. The normalized spacial score (nSPS) is 19.8. The van der Waals surface area contributed by atoms with Crippen molar-refractivity contribution < 1.29 is 29.0 Å². The van der Waals surface area contributed by atoms with E-state index < -0.39 is 17.7 Å². The van der Waals surface area contributed by atoms with Crippen LogP contribution in [0.5, 0.6) is 11.5 Å². The lowest BCUT2D eigenvalue weighted by molar-refractivity contribution is -0.132. The molecule has 3 aromatic rings. The maximum atomic E-state index is 13.5. The molecule has 1 fully saturated rings. The number of aliphatic hydroxyl groups excluding tert-OH is 1. The smallest absolute Gasteiger partial charge is 0.301 e. The van der Waals surface area contributed by atoms with Crippen LogP contribution >= 0.6 is 11.3 Å². The second kappa shape index (κ2) is 9.90. The van der Waals surface area contributed by atoms with Gasteiger partial charge >= 0.3 is 5.91 Å². The minimum Gasteiger partial charge on any atom is -0.507 e. The van der Waals surface area contributed by atoms with Gasteiger partial charge in [0.05, 0.1) is 22.2 Å². The van der Waals surface area contributed by atoms with Crippen molar-refractivity contribution >= 4 is 39.7 Å². The first kappa shape index (κ1) is 25.4. The van der Waals surface area contributed by atoms with E-state index >= 15 is 0 Å². The number of aromatic nitrogens is 1. The SMILES string of the molecule is C=CCOc1cccc([C@@H]2C(=C(O)c3ccc4c(c3)C[C@H](C)O4)C(=O)C(=O)N2c2nc(C)c(C(C)=O)s2)c1. The van der Waals surface area contributed by atoms with Crippen molar-refractivity contribution in [1.82, 2.24) is 4.98 Å². The van der Waals surface area contributed by atoms with Crippen molar-refractivity contribution in [3.8, 4) is 11.5 Å². The Bertz CT molecular complexity index is 1520. The van der Waals surface area contributed by atoms with E-state index in [1.54, 1.807) is 55.5 Å². The monoisotopic (exact) mass is 530 g/mol. The lowest BCUT2D eigenvalue weighted by Gasteiger charge is -2.23. The van der Waals surface area contributed by atoms with Crippen molar-refractivity contribution in [2.24, 2.45) is 0 Å². The summed E-state index contributed by atoms with van der Waals surface area (Å²) in [6, 6.07) is 11.2. The molecule has 2 aromatic carbocycles. The Balaban J connectivity index is 1.69. The first-order valence-corrected chi connectivity index (χ1v) is 12.9. The molecular weight excluding hydrogens is 504 g/mol. The fourth-order valence-corrected chi connectivity index (χ4v) is 5.80. The number of amides is 1. The van der Waals surface area contributed by atoms with Crippen LogP contribution in [0.3, 0.4) is 0 Å². The molecule has 0 spiro atoms. The molecule has 0 bridgehead atoms. The van der Waals surface area contributed by atoms with Gasteiger partial charge in [-0.15, -0.1) is 0 Å². The highest BCUT2D eigenvalue weighted by Crippen LogP contribution is 2.45.